The first-order valence-electron chi connectivity index (χ1n) is 6.61. The van der Waals surface area contributed by atoms with Crippen molar-refractivity contribution in [2.45, 2.75) is 13.8 Å². The van der Waals surface area contributed by atoms with E-state index < -0.39 is 0 Å². The monoisotopic (exact) mass is 264 g/mol. The van der Waals surface area contributed by atoms with Gasteiger partial charge in [-0.3, -0.25) is 4.79 Å². The van der Waals surface area contributed by atoms with Crippen LogP contribution in [0.2, 0.25) is 0 Å². The van der Waals surface area contributed by atoms with Gasteiger partial charge in [0, 0.05) is 7.05 Å². The molecule has 0 aliphatic heterocycles. The standard InChI is InChI=1S/C17H16N2O/c1-11-5-4-6-13(9-11)14-7-8-15-16(10-14)19(3)17(20)12(2)18-15/h4-10H,1-3H3. The van der Waals surface area contributed by atoms with Gasteiger partial charge in [-0.1, -0.05) is 35.9 Å². The van der Waals surface area contributed by atoms with Crippen LogP contribution in [0.5, 0.6) is 0 Å². The number of rotatable bonds is 1. The minimum absolute atomic E-state index is 0.0427. The van der Waals surface area contributed by atoms with Gasteiger partial charge in [-0.25, -0.2) is 4.98 Å². The zero-order chi connectivity index (χ0) is 14.3. The lowest BCUT2D eigenvalue weighted by Crippen LogP contribution is -2.21. The molecule has 0 bridgehead atoms. The Morgan fingerprint density at radius 2 is 1.75 bits per heavy atom. The molecular weight excluding hydrogens is 248 g/mol. The Hall–Kier alpha value is -2.42. The molecular formula is C17H16N2O. The van der Waals surface area contributed by atoms with E-state index in [9.17, 15) is 4.79 Å². The molecule has 0 saturated heterocycles. The molecule has 3 rings (SSSR count). The maximum Gasteiger partial charge on any atom is 0.272 e. The smallest absolute Gasteiger partial charge is 0.272 e. The normalized spacial score (nSPS) is 10.9. The Labute approximate surface area is 117 Å². The number of aromatic nitrogens is 2. The summed E-state index contributed by atoms with van der Waals surface area (Å²) >= 11 is 0. The summed E-state index contributed by atoms with van der Waals surface area (Å²) in [4.78, 5) is 16.3. The Morgan fingerprint density at radius 3 is 2.50 bits per heavy atom. The molecule has 0 unspecified atom stereocenters. The lowest BCUT2D eigenvalue weighted by molar-refractivity contribution is 0.872. The molecule has 0 spiro atoms. The van der Waals surface area contributed by atoms with E-state index in [4.69, 9.17) is 0 Å². The predicted octanol–water partition coefficient (Wildman–Crippen LogP) is 3.22. The Bertz CT molecular complexity index is 862. The molecule has 0 amide bonds. The van der Waals surface area contributed by atoms with E-state index in [1.54, 1.807) is 18.5 Å². The summed E-state index contributed by atoms with van der Waals surface area (Å²) in [5, 5.41) is 0. The number of fused-ring (bicyclic) bond motifs is 1. The second-order valence-corrected chi connectivity index (χ2v) is 5.13. The van der Waals surface area contributed by atoms with Gasteiger partial charge in [0.05, 0.1) is 11.0 Å². The van der Waals surface area contributed by atoms with Crippen LogP contribution in [0.3, 0.4) is 0 Å². The van der Waals surface area contributed by atoms with Crippen LogP contribution in [0.1, 0.15) is 11.3 Å². The SMILES string of the molecule is Cc1cccc(-c2ccc3nc(C)c(=O)n(C)c3c2)c1. The Morgan fingerprint density at radius 1 is 1.00 bits per heavy atom. The molecule has 1 aromatic heterocycles. The summed E-state index contributed by atoms with van der Waals surface area (Å²) in [6.45, 7) is 3.82. The number of hydrogen-bond acceptors (Lipinski definition) is 2. The molecule has 3 heteroatoms. The quantitative estimate of drug-likeness (QED) is 0.676. The van der Waals surface area contributed by atoms with E-state index in [1.165, 1.54) is 5.56 Å². The third-order valence-corrected chi connectivity index (χ3v) is 3.59. The van der Waals surface area contributed by atoms with Gasteiger partial charge < -0.3 is 4.57 Å². The van der Waals surface area contributed by atoms with Gasteiger partial charge in [-0.05, 0) is 37.1 Å². The maximum atomic E-state index is 12.0. The highest BCUT2D eigenvalue weighted by Crippen LogP contribution is 2.23. The average molecular weight is 264 g/mol. The molecule has 0 N–H and O–H groups in total. The van der Waals surface area contributed by atoms with Crippen molar-refractivity contribution in [1.29, 1.82) is 0 Å². The van der Waals surface area contributed by atoms with Crippen molar-refractivity contribution >= 4 is 11.0 Å². The van der Waals surface area contributed by atoms with Gasteiger partial charge in [0.1, 0.15) is 5.69 Å². The molecule has 20 heavy (non-hydrogen) atoms. The van der Waals surface area contributed by atoms with Crippen molar-refractivity contribution in [3.05, 3.63) is 64.1 Å². The van der Waals surface area contributed by atoms with Crippen molar-refractivity contribution < 1.29 is 0 Å². The number of nitrogens with zero attached hydrogens (tertiary/aromatic N) is 2. The van der Waals surface area contributed by atoms with E-state index >= 15 is 0 Å². The second-order valence-electron chi connectivity index (χ2n) is 5.13. The Balaban J connectivity index is 2.28. The van der Waals surface area contributed by atoms with Crippen molar-refractivity contribution in [2.24, 2.45) is 7.05 Å². The van der Waals surface area contributed by atoms with Crippen LogP contribution in [-0.2, 0) is 7.05 Å². The van der Waals surface area contributed by atoms with Crippen LogP contribution in [0.15, 0.2) is 47.3 Å². The van der Waals surface area contributed by atoms with Gasteiger partial charge in [0.2, 0.25) is 0 Å². The summed E-state index contributed by atoms with van der Waals surface area (Å²) in [5.74, 6) is 0. The van der Waals surface area contributed by atoms with Gasteiger partial charge in [-0.2, -0.15) is 0 Å². The number of aryl methyl sites for hydroxylation is 3. The summed E-state index contributed by atoms with van der Waals surface area (Å²) in [7, 11) is 1.79. The molecule has 0 fully saturated rings. The van der Waals surface area contributed by atoms with Crippen molar-refractivity contribution in [3.8, 4) is 11.1 Å². The zero-order valence-electron chi connectivity index (χ0n) is 11.8. The van der Waals surface area contributed by atoms with E-state index in [1.807, 2.05) is 24.3 Å². The lowest BCUT2D eigenvalue weighted by Gasteiger charge is -2.09. The fourth-order valence-corrected chi connectivity index (χ4v) is 2.47. The first kappa shape index (κ1) is 12.6. The van der Waals surface area contributed by atoms with Gasteiger partial charge in [-0.15, -0.1) is 0 Å². The minimum Gasteiger partial charge on any atom is -0.308 e. The van der Waals surface area contributed by atoms with E-state index in [0.717, 1.165) is 22.2 Å². The fourth-order valence-electron chi connectivity index (χ4n) is 2.47. The molecule has 0 aliphatic carbocycles. The minimum atomic E-state index is -0.0427. The third-order valence-electron chi connectivity index (χ3n) is 3.59. The topological polar surface area (TPSA) is 34.9 Å². The van der Waals surface area contributed by atoms with E-state index in [-0.39, 0.29) is 5.56 Å². The first-order chi connectivity index (χ1) is 9.56. The second kappa shape index (κ2) is 4.60. The van der Waals surface area contributed by atoms with Crippen molar-refractivity contribution in [2.75, 3.05) is 0 Å². The van der Waals surface area contributed by atoms with Crippen LogP contribution in [0, 0.1) is 13.8 Å². The molecule has 3 nitrogen and oxygen atoms in total. The summed E-state index contributed by atoms with van der Waals surface area (Å²) in [5.41, 5.74) is 5.67. The maximum absolute atomic E-state index is 12.0. The summed E-state index contributed by atoms with van der Waals surface area (Å²) in [6.07, 6.45) is 0. The van der Waals surface area contributed by atoms with Crippen molar-refractivity contribution in [3.63, 3.8) is 0 Å². The van der Waals surface area contributed by atoms with E-state index in [0.29, 0.717) is 5.69 Å². The largest absolute Gasteiger partial charge is 0.308 e. The number of benzene rings is 2. The predicted molar refractivity (Wildman–Crippen MR) is 81.9 cm³/mol. The molecule has 0 aliphatic rings. The highest BCUT2D eigenvalue weighted by Gasteiger charge is 2.06. The van der Waals surface area contributed by atoms with Gasteiger partial charge >= 0.3 is 0 Å². The highest BCUT2D eigenvalue weighted by atomic mass is 16.1. The van der Waals surface area contributed by atoms with Crippen LogP contribution >= 0.6 is 0 Å². The lowest BCUT2D eigenvalue weighted by atomic mass is 10.0. The number of hydrogen-bond donors (Lipinski definition) is 0. The first-order valence-corrected chi connectivity index (χ1v) is 6.61. The fraction of sp³-hybridized carbons (Fsp3) is 0.176. The molecule has 100 valence electrons. The average Bonchev–Trinajstić information content (AvgIpc) is 2.45. The third kappa shape index (κ3) is 2.01. The Kier molecular flexibility index (Phi) is 2.90. The zero-order valence-corrected chi connectivity index (χ0v) is 11.8. The molecule has 0 radical (unpaired) electrons. The van der Waals surface area contributed by atoms with Gasteiger partial charge in [0.25, 0.3) is 5.56 Å². The molecule has 0 atom stereocenters. The summed E-state index contributed by atoms with van der Waals surface area (Å²) < 4.78 is 1.66. The molecule has 3 aromatic rings. The van der Waals surface area contributed by atoms with Crippen LogP contribution < -0.4 is 5.56 Å². The summed E-state index contributed by atoms with van der Waals surface area (Å²) in [6, 6.07) is 14.4. The molecule has 0 saturated carbocycles. The molecule has 2 aromatic carbocycles. The molecule has 1 heterocycles. The van der Waals surface area contributed by atoms with Crippen LogP contribution in [-0.4, -0.2) is 9.55 Å². The van der Waals surface area contributed by atoms with Gasteiger partial charge in [0.15, 0.2) is 0 Å². The highest BCUT2D eigenvalue weighted by molar-refractivity contribution is 5.81. The van der Waals surface area contributed by atoms with Crippen LogP contribution in [0.4, 0.5) is 0 Å². The van der Waals surface area contributed by atoms with Crippen molar-refractivity contribution in [1.82, 2.24) is 9.55 Å². The van der Waals surface area contributed by atoms with E-state index in [2.05, 4.69) is 30.1 Å². The van der Waals surface area contributed by atoms with Crippen LogP contribution in [0.25, 0.3) is 22.2 Å².